The van der Waals surface area contributed by atoms with E-state index in [1.54, 1.807) is 21.1 Å². The van der Waals surface area contributed by atoms with Crippen molar-refractivity contribution in [2.75, 3.05) is 14.2 Å². The number of amides is 1. The van der Waals surface area contributed by atoms with Gasteiger partial charge in [0.25, 0.3) is 0 Å². The average Bonchev–Trinajstić information content (AvgIpc) is 2.35. The molecule has 0 radical (unpaired) electrons. The van der Waals surface area contributed by atoms with Crippen molar-refractivity contribution in [2.45, 2.75) is 18.3 Å². The molecular weight excluding hydrogens is 286 g/mol. The number of carbonyl (C=O) groups is 1. The summed E-state index contributed by atoms with van der Waals surface area (Å²) in [5.41, 5.74) is 0.962. The molecule has 0 fully saturated rings. The molecule has 0 aliphatic carbocycles. The summed E-state index contributed by atoms with van der Waals surface area (Å²) in [5, 5.41) is 2.80. The van der Waals surface area contributed by atoms with Crippen molar-refractivity contribution in [1.29, 1.82) is 0 Å². The van der Waals surface area contributed by atoms with Crippen molar-refractivity contribution >= 4 is 21.8 Å². The summed E-state index contributed by atoms with van der Waals surface area (Å²) in [4.78, 5) is 11.2. The first-order valence-electron chi connectivity index (χ1n) is 5.21. The highest BCUT2D eigenvalue weighted by Crippen LogP contribution is 2.27. The zero-order valence-electron chi connectivity index (χ0n) is 10.1. The molecule has 0 saturated heterocycles. The van der Waals surface area contributed by atoms with E-state index in [2.05, 4.69) is 21.2 Å². The lowest BCUT2D eigenvalue weighted by molar-refractivity contribution is -0.120. The molecule has 0 aromatic heterocycles. The van der Waals surface area contributed by atoms with Gasteiger partial charge in [-0.15, -0.1) is 0 Å². The molecule has 1 rings (SSSR count). The van der Waals surface area contributed by atoms with Gasteiger partial charge in [0.1, 0.15) is 0 Å². The van der Waals surface area contributed by atoms with Crippen LogP contribution in [0.4, 0.5) is 0 Å². The van der Waals surface area contributed by atoms with Crippen LogP contribution in [0.5, 0.6) is 11.5 Å². The normalized spacial score (nSPS) is 11.8. The Balaban J connectivity index is 2.69. The van der Waals surface area contributed by atoms with E-state index in [-0.39, 0.29) is 10.7 Å². The van der Waals surface area contributed by atoms with Gasteiger partial charge in [-0.2, -0.15) is 0 Å². The Morgan fingerprint density at radius 1 is 1.35 bits per heavy atom. The smallest absolute Gasteiger partial charge is 0.233 e. The van der Waals surface area contributed by atoms with Crippen LogP contribution in [-0.4, -0.2) is 25.0 Å². The number of methoxy groups -OCH3 is 2. The fraction of sp³-hybridized carbons (Fsp3) is 0.417. The zero-order chi connectivity index (χ0) is 12.8. The van der Waals surface area contributed by atoms with Crippen LogP contribution in [0.15, 0.2) is 18.2 Å². The summed E-state index contributed by atoms with van der Waals surface area (Å²) < 4.78 is 10.3. The highest BCUT2D eigenvalue weighted by atomic mass is 79.9. The molecule has 0 aliphatic rings. The molecular formula is C12H16BrNO3. The summed E-state index contributed by atoms with van der Waals surface area (Å²) in [6, 6.07) is 5.55. The van der Waals surface area contributed by atoms with Gasteiger partial charge >= 0.3 is 0 Å². The minimum atomic E-state index is -0.192. The lowest BCUT2D eigenvalue weighted by atomic mass is 10.2. The Bertz CT molecular complexity index is 393. The van der Waals surface area contributed by atoms with E-state index < -0.39 is 0 Å². The largest absolute Gasteiger partial charge is 0.493 e. The molecule has 1 N–H and O–H groups in total. The van der Waals surface area contributed by atoms with E-state index in [0.717, 1.165) is 5.56 Å². The van der Waals surface area contributed by atoms with E-state index in [1.807, 2.05) is 18.2 Å². The molecule has 0 bridgehead atoms. The van der Waals surface area contributed by atoms with Crippen molar-refractivity contribution < 1.29 is 14.3 Å². The van der Waals surface area contributed by atoms with Gasteiger partial charge in [0.2, 0.25) is 5.91 Å². The molecule has 0 saturated carbocycles. The SMILES string of the molecule is COc1ccc(CNC(=O)C(C)Br)cc1OC. The Hall–Kier alpha value is -1.23. The van der Waals surface area contributed by atoms with Gasteiger partial charge in [0.05, 0.1) is 19.0 Å². The van der Waals surface area contributed by atoms with E-state index >= 15 is 0 Å². The molecule has 17 heavy (non-hydrogen) atoms. The molecule has 5 heteroatoms. The number of hydrogen-bond donors (Lipinski definition) is 1. The predicted octanol–water partition coefficient (Wildman–Crippen LogP) is 2.10. The Labute approximate surface area is 109 Å². The summed E-state index contributed by atoms with van der Waals surface area (Å²) in [5.74, 6) is 1.29. The monoisotopic (exact) mass is 301 g/mol. The number of rotatable bonds is 5. The number of nitrogens with one attached hydrogen (secondary N) is 1. The van der Waals surface area contributed by atoms with Gasteiger partial charge in [-0.05, 0) is 24.6 Å². The first kappa shape index (κ1) is 13.8. The maximum absolute atomic E-state index is 11.4. The summed E-state index contributed by atoms with van der Waals surface area (Å²) in [6.45, 7) is 2.25. The maximum Gasteiger partial charge on any atom is 0.233 e. The lowest BCUT2D eigenvalue weighted by Gasteiger charge is -2.10. The van der Waals surface area contributed by atoms with Gasteiger partial charge < -0.3 is 14.8 Å². The van der Waals surface area contributed by atoms with Crippen LogP contribution in [-0.2, 0) is 11.3 Å². The number of alkyl halides is 1. The number of halogens is 1. The van der Waals surface area contributed by atoms with E-state index in [4.69, 9.17) is 9.47 Å². The molecule has 1 unspecified atom stereocenters. The van der Waals surface area contributed by atoms with Crippen molar-refractivity contribution in [1.82, 2.24) is 5.32 Å². The fourth-order valence-corrected chi connectivity index (χ4v) is 1.48. The highest BCUT2D eigenvalue weighted by molar-refractivity contribution is 9.10. The molecule has 1 aromatic carbocycles. The molecule has 1 amide bonds. The number of hydrogen-bond acceptors (Lipinski definition) is 3. The molecule has 4 nitrogen and oxygen atoms in total. The maximum atomic E-state index is 11.4. The van der Waals surface area contributed by atoms with Gasteiger partial charge in [0.15, 0.2) is 11.5 Å². The van der Waals surface area contributed by atoms with E-state index in [0.29, 0.717) is 18.0 Å². The van der Waals surface area contributed by atoms with Gasteiger partial charge in [-0.3, -0.25) is 4.79 Å². The first-order chi connectivity index (χ1) is 8.08. The lowest BCUT2D eigenvalue weighted by Crippen LogP contribution is -2.28. The second kappa shape index (κ2) is 6.49. The fourth-order valence-electron chi connectivity index (χ4n) is 1.32. The van der Waals surface area contributed by atoms with Crippen LogP contribution in [0, 0.1) is 0 Å². The van der Waals surface area contributed by atoms with Crippen LogP contribution in [0.1, 0.15) is 12.5 Å². The van der Waals surface area contributed by atoms with Crippen molar-refractivity contribution in [3.63, 3.8) is 0 Å². The van der Waals surface area contributed by atoms with Crippen LogP contribution in [0.3, 0.4) is 0 Å². The Kier molecular flexibility index (Phi) is 5.28. The van der Waals surface area contributed by atoms with Crippen molar-refractivity contribution in [3.05, 3.63) is 23.8 Å². The third-order valence-corrected chi connectivity index (χ3v) is 2.69. The molecule has 0 spiro atoms. The quantitative estimate of drug-likeness (QED) is 0.847. The van der Waals surface area contributed by atoms with Crippen LogP contribution in [0.25, 0.3) is 0 Å². The average molecular weight is 302 g/mol. The van der Waals surface area contributed by atoms with Gasteiger partial charge in [-0.1, -0.05) is 22.0 Å². The third kappa shape index (κ3) is 3.93. The minimum Gasteiger partial charge on any atom is -0.493 e. The first-order valence-corrected chi connectivity index (χ1v) is 6.12. The summed E-state index contributed by atoms with van der Waals surface area (Å²) >= 11 is 3.21. The molecule has 0 aliphatic heterocycles. The molecule has 1 aromatic rings. The number of benzene rings is 1. The van der Waals surface area contributed by atoms with Crippen molar-refractivity contribution in [3.8, 4) is 11.5 Å². The standard InChI is InChI=1S/C12H16BrNO3/c1-8(13)12(15)14-7-9-4-5-10(16-2)11(6-9)17-3/h4-6,8H,7H2,1-3H3,(H,14,15). The van der Waals surface area contributed by atoms with Crippen molar-refractivity contribution in [2.24, 2.45) is 0 Å². The van der Waals surface area contributed by atoms with Crippen LogP contribution < -0.4 is 14.8 Å². The molecule has 1 atom stereocenters. The van der Waals surface area contributed by atoms with Gasteiger partial charge in [-0.25, -0.2) is 0 Å². The van der Waals surface area contributed by atoms with Crippen LogP contribution in [0.2, 0.25) is 0 Å². The minimum absolute atomic E-state index is 0.0419. The topological polar surface area (TPSA) is 47.6 Å². The molecule has 94 valence electrons. The number of ether oxygens (including phenoxy) is 2. The predicted molar refractivity (Wildman–Crippen MR) is 69.8 cm³/mol. The second-order valence-corrected chi connectivity index (χ2v) is 4.90. The second-order valence-electron chi connectivity index (χ2n) is 3.52. The van der Waals surface area contributed by atoms with Gasteiger partial charge in [0, 0.05) is 6.54 Å². The third-order valence-electron chi connectivity index (χ3n) is 2.28. The summed E-state index contributed by atoms with van der Waals surface area (Å²) in [6.07, 6.45) is 0. The Morgan fingerprint density at radius 3 is 2.53 bits per heavy atom. The highest BCUT2D eigenvalue weighted by Gasteiger charge is 2.09. The number of carbonyl (C=O) groups excluding carboxylic acids is 1. The van der Waals surface area contributed by atoms with E-state index in [9.17, 15) is 4.79 Å². The molecule has 0 heterocycles. The zero-order valence-corrected chi connectivity index (χ0v) is 11.7. The van der Waals surface area contributed by atoms with E-state index in [1.165, 1.54) is 0 Å². The van der Waals surface area contributed by atoms with Crippen LogP contribution >= 0.6 is 15.9 Å². The summed E-state index contributed by atoms with van der Waals surface area (Å²) in [7, 11) is 3.17. The Morgan fingerprint density at radius 2 is 2.00 bits per heavy atom.